The van der Waals surface area contributed by atoms with Gasteiger partial charge in [-0.1, -0.05) is 0 Å². The topological polar surface area (TPSA) is 64.3 Å². The van der Waals surface area contributed by atoms with Crippen LogP contribution >= 0.6 is 0 Å². The van der Waals surface area contributed by atoms with Crippen LogP contribution in [-0.2, 0) is 4.79 Å². The molecule has 0 spiro atoms. The van der Waals surface area contributed by atoms with Crippen LogP contribution in [-0.4, -0.2) is 41.3 Å². The minimum atomic E-state index is -4.61. The third-order valence-electron chi connectivity index (χ3n) is 4.44. The van der Waals surface area contributed by atoms with Gasteiger partial charge in [0.25, 0.3) is 0 Å². The van der Waals surface area contributed by atoms with E-state index in [1.165, 1.54) is 4.90 Å². The molecule has 20 heavy (non-hydrogen) atoms. The Labute approximate surface area is 115 Å². The molecule has 0 radical (unpaired) electrons. The number of nitrogens with zero attached hydrogens (tertiary/aromatic N) is 2. The molecule has 1 N–H and O–H groups in total. The summed E-state index contributed by atoms with van der Waals surface area (Å²) in [5.74, 6) is -1.12. The Morgan fingerprint density at radius 3 is 2.25 bits per heavy atom. The van der Waals surface area contributed by atoms with Gasteiger partial charge in [-0.25, -0.2) is 0 Å². The van der Waals surface area contributed by atoms with Crippen molar-refractivity contribution in [2.75, 3.05) is 13.1 Å². The fraction of sp³-hybridized carbons (Fsp3) is 0.846. The van der Waals surface area contributed by atoms with Crippen LogP contribution in [0.3, 0.4) is 0 Å². The lowest BCUT2D eigenvalue weighted by Crippen LogP contribution is -2.51. The number of aliphatic hydroxyl groups excluding tert-OH is 1. The van der Waals surface area contributed by atoms with Crippen LogP contribution in [0.1, 0.15) is 32.1 Å². The molecule has 1 amide bonds. The molecule has 1 saturated carbocycles. The first kappa shape index (κ1) is 15.1. The summed E-state index contributed by atoms with van der Waals surface area (Å²) in [7, 11) is 0. The van der Waals surface area contributed by atoms with E-state index in [1.807, 2.05) is 6.07 Å². The highest BCUT2D eigenvalue weighted by molar-refractivity contribution is 5.86. The average Bonchev–Trinajstić information content (AvgIpc) is 2.36. The zero-order chi connectivity index (χ0) is 15.0. The molecule has 1 heterocycles. The predicted molar refractivity (Wildman–Crippen MR) is 63.3 cm³/mol. The van der Waals surface area contributed by atoms with Crippen molar-refractivity contribution >= 4 is 5.91 Å². The number of likely N-dealkylation sites (tertiary alicyclic amines) is 1. The first-order chi connectivity index (χ1) is 9.30. The minimum absolute atomic E-state index is 0.119. The lowest BCUT2D eigenvalue weighted by Gasteiger charge is -2.41. The monoisotopic (exact) mass is 290 g/mol. The van der Waals surface area contributed by atoms with Gasteiger partial charge >= 0.3 is 6.18 Å². The van der Waals surface area contributed by atoms with Crippen LogP contribution in [0, 0.1) is 22.7 Å². The quantitative estimate of drug-likeness (QED) is 0.844. The average molecular weight is 290 g/mol. The highest BCUT2D eigenvalue weighted by atomic mass is 19.4. The molecule has 0 aromatic rings. The Kier molecular flexibility index (Phi) is 3.96. The maximum absolute atomic E-state index is 12.4. The van der Waals surface area contributed by atoms with Crippen LogP contribution in [0.2, 0.25) is 0 Å². The van der Waals surface area contributed by atoms with Crippen molar-refractivity contribution in [2.24, 2.45) is 11.3 Å². The summed E-state index contributed by atoms with van der Waals surface area (Å²) in [6.07, 6.45) is -4.79. The Balaban J connectivity index is 1.92. The first-order valence-corrected chi connectivity index (χ1v) is 6.75. The van der Waals surface area contributed by atoms with Crippen LogP contribution < -0.4 is 0 Å². The van der Waals surface area contributed by atoms with Gasteiger partial charge in [0.05, 0.1) is 6.07 Å². The van der Waals surface area contributed by atoms with E-state index in [9.17, 15) is 23.1 Å². The van der Waals surface area contributed by atoms with E-state index < -0.39 is 23.6 Å². The molecular weight excluding hydrogens is 273 g/mol. The van der Waals surface area contributed by atoms with Crippen LogP contribution in [0.4, 0.5) is 13.2 Å². The number of halogens is 3. The number of carbonyl (C=O) groups is 1. The summed E-state index contributed by atoms with van der Waals surface area (Å²) < 4.78 is 37.3. The third kappa shape index (κ3) is 2.62. The molecule has 2 rings (SSSR count). The number of alkyl halides is 3. The molecule has 1 unspecified atom stereocenters. The molecule has 1 saturated heterocycles. The molecule has 1 aliphatic carbocycles. The molecule has 0 aromatic carbocycles. The summed E-state index contributed by atoms with van der Waals surface area (Å²) in [6.45, 7) is 0.361. The molecule has 2 aliphatic rings. The van der Waals surface area contributed by atoms with Gasteiger partial charge in [0.2, 0.25) is 5.91 Å². The van der Waals surface area contributed by atoms with Gasteiger partial charge in [-0.2, -0.15) is 18.4 Å². The van der Waals surface area contributed by atoms with Crippen LogP contribution in [0.5, 0.6) is 0 Å². The van der Waals surface area contributed by atoms with E-state index >= 15 is 0 Å². The lowest BCUT2D eigenvalue weighted by atomic mass is 9.68. The number of aliphatic hydroxyl groups is 1. The second kappa shape index (κ2) is 5.24. The second-order valence-electron chi connectivity index (χ2n) is 5.66. The molecule has 4 nitrogen and oxygen atoms in total. The molecule has 2 fully saturated rings. The fourth-order valence-corrected chi connectivity index (χ4v) is 2.89. The highest BCUT2D eigenvalue weighted by Gasteiger charge is 2.49. The van der Waals surface area contributed by atoms with Gasteiger partial charge in [-0.15, -0.1) is 0 Å². The van der Waals surface area contributed by atoms with Crippen molar-refractivity contribution in [2.45, 2.75) is 44.4 Å². The Morgan fingerprint density at radius 2 is 1.90 bits per heavy atom. The van der Waals surface area contributed by atoms with Gasteiger partial charge in [-0.05, 0) is 38.0 Å². The standard InChI is InChI=1S/C13H17F3N2O2/c14-13(15,16)10(19)9-2-6-18(7-3-9)11(20)12(8-17)4-1-5-12/h9-10,19H,1-7H2. The fourth-order valence-electron chi connectivity index (χ4n) is 2.89. The molecule has 1 aliphatic heterocycles. The van der Waals surface area contributed by atoms with Gasteiger partial charge in [0, 0.05) is 13.1 Å². The van der Waals surface area contributed by atoms with Crippen molar-refractivity contribution in [1.82, 2.24) is 4.90 Å². The summed E-state index contributed by atoms with van der Waals surface area (Å²) >= 11 is 0. The predicted octanol–water partition coefficient (Wildman–Crippen LogP) is 1.84. The van der Waals surface area contributed by atoms with Crippen LogP contribution in [0.15, 0.2) is 0 Å². The van der Waals surface area contributed by atoms with E-state index in [2.05, 4.69) is 0 Å². The lowest BCUT2D eigenvalue weighted by molar-refractivity contribution is -0.223. The van der Waals surface area contributed by atoms with Gasteiger partial charge in [0.1, 0.15) is 5.41 Å². The van der Waals surface area contributed by atoms with Crippen molar-refractivity contribution in [3.05, 3.63) is 0 Å². The van der Waals surface area contributed by atoms with Crippen LogP contribution in [0.25, 0.3) is 0 Å². The van der Waals surface area contributed by atoms with Crippen molar-refractivity contribution in [3.63, 3.8) is 0 Å². The van der Waals surface area contributed by atoms with E-state index in [1.54, 1.807) is 0 Å². The van der Waals surface area contributed by atoms with Crippen molar-refractivity contribution in [3.8, 4) is 6.07 Å². The van der Waals surface area contributed by atoms with E-state index in [0.717, 1.165) is 6.42 Å². The highest BCUT2D eigenvalue weighted by Crippen LogP contribution is 2.42. The van der Waals surface area contributed by atoms with E-state index in [0.29, 0.717) is 12.8 Å². The molecule has 1 atom stereocenters. The molecule has 112 valence electrons. The Bertz CT molecular complexity index is 418. The van der Waals surface area contributed by atoms with Crippen molar-refractivity contribution < 1.29 is 23.1 Å². The first-order valence-electron chi connectivity index (χ1n) is 6.75. The maximum atomic E-state index is 12.4. The third-order valence-corrected chi connectivity index (χ3v) is 4.44. The normalized spacial score (nSPS) is 24.6. The molecule has 7 heteroatoms. The molecular formula is C13H17F3N2O2. The number of carbonyl (C=O) groups excluding carboxylic acids is 1. The molecule has 0 bridgehead atoms. The van der Waals surface area contributed by atoms with Gasteiger partial charge in [-0.3, -0.25) is 4.79 Å². The van der Waals surface area contributed by atoms with Gasteiger partial charge < -0.3 is 10.0 Å². The number of piperidine rings is 1. The summed E-state index contributed by atoms with van der Waals surface area (Å²) in [6, 6.07) is 2.05. The number of hydrogen-bond acceptors (Lipinski definition) is 3. The van der Waals surface area contributed by atoms with E-state index in [-0.39, 0.29) is 31.8 Å². The summed E-state index contributed by atoms with van der Waals surface area (Å²) in [5.41, 5.74) is -0.949. The maximum Gasteiger partial charge on any atom is 0.414 e. The zero-order valence-corrected chi connectivity index (χ0v) is 11.0. The SMILES string of the molecule is N#CC1(C(=O)N2CCC(C(O)C(F)(F)F)CC2)CCC1. The minimum Gasteiger partial charge on any atom is -0.383 e. The smallest absolute Gasteiger partial charge is 0.383 e. The number of hydrogen-bond donors (Lipinski definition) is 1. The summed E-state index contributed by atoms with van der Waals surface area (Å²) in [5, 5.41) is 18.3. The Hall–Kier alpha value is -1.29. The Morgan fingerprint density at radius 1 is 1.35 bits per heavy atom. The zero-order valence-electron chi connectivity index (χ0n) is 11.0. The molecule has 0 aromatic heterocycles. The van der Waals surface area contributed by atoms with Gasteiger partial charge in [0.15, 0.2) is 6.10 Å². The second-order valence-corrected chi connectivity index (χ2v) is 5.66. The van der Waals surface area contributed by atoms with E-state index in [4.69, 9.17) is 5.26 Å². The number of nitriles is 1. The number of amides is 1. The van der Waals surface area contributed by atoms with Crippen molar-refractivity contribution in [1.29, 1.82) is 5.26 Å². The number of rotatable bonds is 2. The largest absolute Gasteiger partial charge is 0.414 e. The summed E-state index contributed by atoms with van der Waals surface area (Å²) in [4.78, 5) is 13.7.